The minimum atomic E-state index is -0.575. The highest BCUT2D eigenvalue weighted by atomic mass is 16.5. The maximum atomic E-state index is 9.66. The van der Waals surface area contributed by atoms with Crippen molar-refractivity contribution >= 4 is 0 Å². The Morgan fingerprint density at radius 3 is 2.53 bits per heavy atom. The third-order valence-corrected chi connectivity index (χ3v) is 3.19. The molecule has 0 amide bonds. The van der Waals surface area contributed by atoms with Crippen LogP contribution in [-0.4, -0.2) is 35.6 Å². The second kappa shape index (κ2) is 5.60. The molecule has 1 saturated heterocycles. The highest BCUT2D eigenvalue weighted by Crippen LogP contribution is 2.32. The van der Waals surface area contributed by atoms with Gasteiger partial charge in [0.25, 0.3) is 0 Å². The van der Waals surface area contributed by atoms with Gasteiger partial charge in [0.1, 0.15) is 6.10 Å². The van der Waals surface area contributed by atoms with Gasteiger partial charge in [-0.3, -0.25) is 0 Å². The molecule has 1 fully saturated rings. The van der Waals surface area contributed by atoms with Crippen LogP contribution in [0, 0.1) is 0 Å². The van der Waals surface area contributed by atoms with E-state index in [0.717, 1.165) is 12.0 Å². The quantitative estimate of drug-likeness (QED) is 0.707. The van der Waals surface area contributed by atoms with Crippen molar-refractivity contribution in [2.75, 3.05) is 13.2 Å². The van der Waals surface area contributed by atoms with Gasteiger partial charge in [0.05, 0.1) is 18.8 Å². The lowest BCUT2D eigenvalue weighted by Crippen LogP contribution is -2.24. The Balaban J connectivity index is 2.03. The Labute approximate surface area is 101 Å². The van der Waals surface area contributed by atoms with E-state index >= 15 is 0 Å². The fraction of sp³-hybridized carbons (Fsp3) is 0.538. The summed E-state index contributed by atoms with van der Waals surface area (Å²) in [5.41, 5.74) is 7.73. The van der Waals surface area contributed by atoms with E-state index in [1.54, 1.807) is 0 Å². The number of aliphatic hydroxyl groups is 2. The number of ether oxygens (including phenoxy) is 1. The minimum absolute atomic E-state index is 0.117. The zero-order valence-electron chi connectivity index (χ0n) is 9.75. The Hall–Kier alpha value is -0.940. The Kier molecular flexibility index (Phi) is 4.12. The lowest BCUT2D eigenvalue weighted by molar-refractivity contribution is -0.0225. The topological polar surface area (TPSA) is 75.7 Å². The van der Waals surface area contributed by atoms with Crippen molar-refractivity contribution in [2.45, 2.75) is 31.2 Å². The molecule has 4 heteroatoms. The van der Waals surface area contributed by atoms with Crippen molar-refractivity contribution < 1.29 is 14.9 Å². The summed E-state index contributed by atoms with van der Waals surface area (Å²) in [5, 5.41) is 18.7. The number of rotatable bonds is 4. The maximum absolute atomic E-state index is 9.66. The number of hydrogen-bond acceptors (Lipinski definition) is 4. The molecule has 3 atom stereocenters. The van der Waals surface area contributed by atoms with Gasteiger partial charge in [-0.15, -0.1) is 0 Å². The first-order chi connectivity index (χ1) is 8.24. The van der Waals surface area contributed by atoms with Crippen LogP contribution >= 0.6 is 0 Å². The molecule has 0 aromatic heterocycles. The Bertz CT molecular complexity index is 352. The second-order valence-electron chi connectivity index (χ2n) is 4.43. The predicted molar refractivity (Wildman–Crippen MR) is 64.5 cm³/mol. The second-order valence-corrected chi connectivity index (χ2v) is 4.43. The molecule has 1 unspecified atom stereocenters. The summed E-state index contributed by atoms with van der Waals surface area (Å²) >= 11 is 0. The van der Waals surface area contributed by atoms with Crippen LogP contribution in [-0.2, 0) is 11.2 Å². The van der Waals surface area contributed by atoms with Gasteiger partial charge in [-0.2, -0.15) is 0 Å². The molecule has 1 aliphatic heterocycles. The highest BCUT2D eigenvalue weighted by molar-refractivity contribution is 5.25. The van der Waals surface area contributed by atoms with Crippen molar-refractivity contribution in [3.05, 3.63) is 35.4 Å². The summed E-state index contributed by atoms with van der Waals surface area (Å²) < 4.78 is 5.58. The predicted octanol–water partition coefficient (Wildman–Crippen LogP) is 0.371. The third-order valence-electron chi connectivity index (χ3n) is 3.19. The van der Waals surface area contributed by atoms with E-state index < -0.39 is 12.2 Å². The van der Waals surface area contributed by atoms with Crippen LogP contribution < -0.4 is 5.73 Å². The highest BCUT2D eigenvalue weighted by Gasteiger charge is 2.33. The van der Waals surface area contributed by atoms with Crippen molar-refractivity contribution in [3.63, 3.8) is 0 Å². The van der Waals surface area contributed by atoms with Crippen LogP contribution in [0.5, 0.6) is 0 Å². The molecule has 0 aliphatic carbocycles. The molecular formula is C13H19NO3. The largest absolute Gasteiger partial charge is 0.394 e. The normalized spacial score (nSPS) is 28.5. The summed E-state index contributed by atoms with van der Waals surface area (Å²) in [6.07, 6.45) is 0.265. The van der Waals surface area contributed by atoms with Gasteiger partial charge in [-0.05, 0) is 24.1 Å². The summed E-state index contributed by atoms with van der Waals surface area (Å²) in [6.45, 7) is 0.507. The van der Waals surface area contributed by atoms with Crippen molar-refractivity contribution in [2.24, 2.45) is 5.73 Å². The first-order valence-electron chi connectivity index (χ1n) is 5.98. The molecule has 0 bridgehead atoms. The molecule has 0 saturated carbocycles. The lowest BCUT2D eigenvalue weighted by Gasteiger charge is -2.12. The molecule has 4 N–H and O–H groups in total. The van der Waals surface area contributed by atoms with Gasteiger partial charge in [0, 0.05) is 6.42 Å². The minimum Gasteiger partial charge on any atom is -0.394 e. The van der Waals surface area contributed by atoms with E-state index in [4.69, 9.17) is 15.6 Å². The van der Waals surface area contributed by atoms with Crippen LogP contribution in [0.3, 0.4) is 0 Å². The number of benzene rings is 1. The molecule has 94 valence electrons. The molecule has 2 rings (SSSR count). The van der Waals surface area contributed by atoms with Crippen LogP contribution in [0.4, 0.5) is 0 Å². The zero-order valence-corrected chi connectivity index (χ0v) is 9.75. The molecule has 1 heterocycles. The molecule has 17 heavy (non-hydrogen) atoms. The third kappa shape index (κ3) is 2.84. The molecule has 0 radical (unpaired) electrons. The van der Waals surface area contributed by atoms with E-state index in [9.17, 15) is 5.11 Å². The SMILES string of the molecule is NCCc1ccc(C2C[C@H](O)[C@@H](CO)O2)cc1. The average Bonchev–Trinajstić information content (AvgIpc) is 2.72. The molecule has 1 aliphatic rings. The Morgan fingerprint density at radius 2 is 2.00 bits per heavy atom. The summed E-state index contributed by atoms with van der Waals surface area (Å²) in [5.74, 6) is 0. The van der Waals surface area contributed by atoms with E-state index in [0.29, 0.717) is 13.0 Å². The molecule has 0 spiro atoms. The first-order valence-corrected chi connectivity index (χ1v) is 5.98. The summed E-state index contributed by atoms with van der Waals surface area (Å²) in [7, 11) is 0. The molecule has 1 aromatic carbocycles. The fourth-order valence-electron chi connectivity index (χ4n) is 2.17. The van der Waals surface area contributed by atoms with Crippen LogP contribution in [0.15, 0.2) is 24.3 Å². The van der Waals surface area contributed by atoms with Gasteiger partial charge in [0.15, 0.2) is 0 Å². The van der Waals surface area contributed by atoms with Gasteiger partial charge >= 0.3 is 0 Å². The van der Waals surface area contributed by atoms with Crippen LogP contribution in [0.1, 0.15) is 23.7 Å². The van der Waals surface area contributed by atoms with Crippen LogP contribution in [0.25, 0.3) is 0 Å². The van der Waals surface area contributed by atoms with Crippen molar-refractivity contribution in [1.29, 1.82) is 0 Å². The van der Waals surface area contributed by atoms with E-state index in [1.807, 2.05) is 24.3 Å². The lowest BCUT2D eigenvalue weighted by atomic mass is 10.0. The van der Waals surface area contributed by atoms with E-state index in [-0.39, 0.29) is 12.7 Å². The zero-order chi connectivity index (χ0) is 12.3. The molecular weight excluding hydrogens is 218 g/mol. The van der Waals surface area contributed by atoms with Crippen molar-refractivity contribution in [3.8, 4) is 0 Å². The smallest absolute Gasteiger partial charge is 0.107 e. The van der Waals surface area contributed by atoms with E-state index in [2.05, 4.69) is 0 Å². The monoisotopic (exact) mass is 237 g/mol. The number of hydrogen-bond donors (Lipinski definition) is 3. The van der Waals surface area contributed by atoms with Gasteiger partial charge in [0.2, 0.25) is 0 Å². The fourth-order valence-corrected chi connectivity index (χ4v) is 2.17. The number of nitrogens with two attached hydrogens (primary N) is 1. The van der Waals surface area contributed by atoms with Gasteiger partial charge < -0.3 is 20.7 Å². The van der Waals surface area contributed by atoms with Gasteiger partial charge in [-0.25, -0.2) is 0 Å². The Morgan fingerprint density at radius 1 is 1.29 bits per heavy atom. The summed E-state index contributed by atoms with van der Waals surface area (Å²) in [4.78, 5) is 0. The van der Waals surface area contributed by atoms with Crippen molar-refractivity contribution in [1.82, 2.24) is 0 Å². The standard InChI is InChI=1S/C13H19NO3/c14-6-5-9-1-3-10(4-2-9)12-7-11(16)13(8-15)17-12/h1-4,11-13,15-16H,5-8,14H2/t11-,12?,13+/m0/s1. The van der Waals surface area contributed by atoms with E-state index in [1.165, 1.54) is 5.56 Å². The average molecular weight is 237 g/mol. The molecule has 1 aromatic rings. The number of aliphatic hydroxyl groups excluding tert-OH is 2. The van der Waals surface area contributed by atoms with Crippen LogP contribution in [0.2, 0.25) is 0 Å². The van der Waals surface area contributed by atoms with Gasteiger partial charge in [-0.1, -0.05) is 24.3 Å². The summed E-state index contributed by atoms with van der Waals surface area (Å²) in [6, 6.07) is 8.07. The molecule has 4 nitrogen and oxygen atoms in total. The maximum Gasteiger partial charge on any atom is 0.107 e. The first kappa shape index (κ1) is 12.5.